The summed E-state index contributed by atoms with van der Waals surface area (Å²) >= 11 is 1.77. The first-order valence-electron chi connectivity index (χ1n) is 9.26. The van der Waals surface area contributed by atoms with Gasteiger partial charge in [-0.05, 0) is 25.7 Å². The van der Waals surface area contributed by atoms with Crippen LogP contribution in [0.5, 0.6) is 0 Å². The first-order chi connectivity index (χ1) is 13.1. The molecular formula is C18H27F3N2O4S. The molecule has 3 atom stereocenters. The number of alkyl halides is 3. The minimum atomic E-state index is -5.08. The average molecular weight is 424 g/mol. The van der Waals surface area contributed by atoms with Crippen LogP contribution in [0.3, 0.4) is 0 Å². The molecule has 10 heteroatoms. The molecule has 6 nitrogen and oxygen atoms in total. The largest absolute Gasteiger partial charge is 0.490 e. The molecule has 2 heterocycles. The molecule has 2 aliphatic rings. The van der Waals surface area contributed by atoms with Crippen molar-refractivity contribution < 1.29 is 32.5 Å². The lowest BCUT2D eigenvalue weighted by Crippen LogP contribution is -2.51. The van der Waals surface area contributed by atoms with Gasteiger partial charge >= 0.3 is 12.1 Å². The molecule has 0 unspecified atom stereocenters. The highest BCUT2D eigenvalue weighted by Crippen LogP contribution is 2.33. The van der Waals surface area contributed by atoms with Gasteiger partial charge in [0.25, 0.3) is 0 Å². The number of aryl methyl sites for hydroxylation is 1. The van der Waals surface area contributed by atoms with E-state index in [-0.39, 0.29) is 12.2 Å². The Morgan fingerprint density at radius 2 is 2.14 bits per heavy atom. The van der Waals surface area contributed by atoms with Gasteiger partial charge in [-0.2, -0.15) is 13.2 Å². The van der Waals surface area contributed by atoms with Crippen LogP contribution in [0, 0.1) is 12.8 Å². The van der Waals surface area contributed by atoms with Gasteiger partial charge < -0.3 is 14.6 Å². The number of morpholine rings is 1. The third-order valence-electron chi connectivity index (χ3n) is 4.73. The number of ether oxygens (including phenoxy) is 2. The minimum Gasteiger partial charge on any atom is -0.475 e. The molecule has 0 bridgehead atoms. The number of hydrogen-bond acceptors (Lipinski definition) is 6. The molecule has 0 radical (unpaired) electrons. The Balaban J connectivity index is 0.000000345. The van der Waals surface area contributed by atoms with Crippen molar-refractivity contribution in [3.8, 4) is 0 Å². The van der Waals surface area contributed by atoms with E-state index in [0.717, 1.165) is 32.7 Å². The van der Waals surface area contributed by atoms with Crippen LogP contribution >= 0.6 is 11.3 Å². The SMILES string of the molecule is Cc1ncsc1CN1CCO[C@H]2[C@H](OCC(C)C)CC[C@@H]21.O=C(O)C(F)(F)F. The van der Waals surface area contributed by atoms with E-state index in [1.165, 1.54) is 17.0 Å². The maximum absolute atomic E-state index is 10.6. The number of aliphatic carboxylic acids is 1. The monoisotopic (exact) mass is 424 g/mol. The van der Waals surface area contributed by atoms with Crippen LogP contribution in [0.1, 0.15) is 37.3 Å². The Morgan fingerprint density at radius 3 is 2.68 bits per heavy atom. The third kappa shape index (κ3) is 6.40. The topological polar surface area (TPSA) is 71.9 Å². The van der Waals surface area contributed by atoms with Crippen LogP contribution in [-0.4, -0.2) is 65.1 Å². The Labute approximate surface area is 166 Å². The molecular weight excluding hydrogens is 397 g/mol. The highest BCUT2D eigenvalue weighted by atomic mass is 32.1. The van der Waals surface area contributed by atoms with Crippen LogP contribution in [0.4, 0.5) is 13.2 Å². The first-order valence-corrected chi connectivity index (χ1v) is 10.1. The van der Waals surface area contributed by atoms with Crippen molar-refractivity contribution in [1.29, 1.82) is 0 Å². The van der Waals surface area contributed by atoms with Gasteiger partial charge in [-0.1, -0.05) is 13.8 Å². The zero-order chi connectivity index (χ0) is 20.9. The van der Waals surface area contributed by atoms with Crippen molar-refractivity contribution in [2.75, 3.05) is 19.8 Å². The molecule has 1 aliphatic heterocycles. The van der Waals surface area contributed by atoms with Crippen molar-refractivity contribution in [2.24, 2.45) is 5.92 Å². The molecule has 28 heavy (non-hydrogen) atoms. The number of hydrogen-bond donors (Lipinski definition) is 1. The second kappa shape index (κ2) is 10.00. The number of nitrogens with zero attached hydrogens (tertiary/aromatic N) is 2. The molecule has 0 aromatic carbocycles. The Kier molecular flexibility index (Phi) is 8.23. The molecule has 0 spiro atoms. The van der Waals surface area contributed by atoms with Crippen LogP contribution in [0.2, 0.25) is 0 Å². The van der Waals surface area contributed by atoms with Gasteiger partial charge in [-0.3, -0.25) is 4.90 Å². The summed E-state index contributed by atoms with van der Waals surface area (Å²) in [5.41, 5.74) is 3.12. The van der Waals surface area contributed by atoms with E-state index in [0.29, 0.717) is 12.0 Å². The Bertz CT molecular complexity index is 639. The zero-order valence-corrected chi connectivity index (χ0v) is 17.1. The second-order valence-corrected chi connectivity index (χ2v) is 8.32. The van der Waals surface area contributed by atoms with Crippen molar-refractivity contribution in [3.63, 3.8) is 0 Å². The molecule has 1 aliphatic carbocycles. The summed E-state index contributed by atoms with van der Waals surface area (Å²) in [7, 11) is 0. The molecule has 1 N–H and O–H groups in total. The molecule has 0 amide bonds. The van der Waals surface area contributed by atoms with Crippen LogP contribution in [-0.2, 0) is 20.8 Å². The maximum atomic E-state index is 10.6. The summed E-state index contributed by atoms with van der Waals surface area (Å²) in [5.74, 6) is -2.17. The summed E-state index contributed by atoms with van der Waals surface area (Å²) in [6.07, 6.45) is -2.24. The highest BCUT2D eigenvalue weighted by molar-refractivity contribution is 7.09. The number of carbonyl (C=O) groups is 1. The third-order valence-corrected chi connectivity index (χ3v) is 5.65. The van der Waals surface area contributed by atoms with E-state index in [1.54, 1.807) is 11.3 Å². The summed E-state index contributed by atoms with van der Waals surface area (Å²) in [6.45, 7) is 10.2. The zero-order valence-electron chi connectivity index (χ0n) is 16.2. The minimum absolute atomic E-state index is 0.255. The van der Waals surface area contributed by atoms with E-state index in [4.69, 9.17) is 19.4 Å². The van der Waals surface area contributed by atoms with Crippen LogP contribution < -0.4 is 0 Å². The second-order valence-electron chi connectivity index (χ2n) is 7.38. The standard InChI is InChI=1S/C16H26N2O2S.C2HF3O2/c1-11(2)9-20-14-5-4-13-16(14)19-7-6-18(13)8-15-12(3)17-10-21-15;3-2(4,5)1(6)7/h10-11,13-14,16H,4-9H2,1-3H3;(H,6,7)/t13-,14+,16+;/m0./s1. The number of fused-ring (bicyclic) bond motifs is 1. The van der Waals surface area contributed by atoms with Gasteiger partial charge in [-0.25, -0.2) is 9.78 Å². The van der Waals surface area contributed by atoms with E-state index >= 15 is 0 Å². The van der Waals surface area contributed by atoms with Gasteiger partial charge in [-0.15, -0.1) is 11.3 Å². The van der Waals surface area contributed by atoms with Gasteiger partial charge in [0, 0.05) is 30.6 Å². The van der Waals surface area contributed by atoms with Gasteiger partial charge in [0.15, 0.2) is 0 Å². The van der Waals surface area contributed by atoms with E-state index < -0.39 is 12.1 Å². The fraction of sp³-hybridized carbons (Fsp3) is 0.778. The number of aromatic nitrogens is 1. The van der Waals surface area contributed by atoms with Crippen LogP contribution in [0.25, 0.3) is 0 Å². The van der Waals surface area contributed by atoms with Gasteiger partial charge in [0.05, 0.1) is 30.0 Å². The summed E-state index contributed by atoms with van der Waals surface area (Å²) in [4.78, 5) is 17.2. The fourth-order valence-electron chi connectivity index (χ4n) is 3.34. The lowest BCUT2D eigenvalue weighted by atomic mass is 10.1. The average Bonchev–Trinajstić information content (AvgIpc) is 3.20. The lowest BCUT2D eigenvalue weighted by molar-refractivity contribution is -0.192. The van der Waals surface area contributed by atoms with Gasteiger partial charge in [0.1, 0.15) is 0 Å². The fourth-order valence-corrected chi connectivity index (χ4v) is 4.15. The molecule has 3 rings (SSSR count). The predicted octanol–water partition coefficient (Wildman–Crippen LogP) is 3.49. The molecule has 1 saturated carbocycles. The molecule has 2 fully saturated rings. The molecule has 1 saturated heterocycles. The number of carboxylic acids is 1. The summed E-state index contributed by atoms with van der Waals surface area (Å²) in [6, 6.07) is 0.511. The van der Waals surface area contributed by atoms with E-state index in [9.17, 15) is 13.2 Å². The number of carboxylic acid groups (broad SMARTS) is 1. The Hall–Kier alpha value is -1.23. The quantitative estimate of drug-likeness (QED) is 0.780. The smallest absolute Gasteiger partial charge is 0.475 e. The molecule has 1 aromatic heterocycles. The summed E-state index contributed by atoms with van der Waals surface area (Å²) in [5, 5.41) is 7.12. The number of rotatable bonds is 5. The lowest BCUT2D eigenvalue weighted by Gasteiger charge is -2.39. The number of thiazole rings is 1. The van der Waals surface area contributed by atoms with Crippen molar-refractivity contribution in [2.45, 2.75) is 64.6 Å². The van der Waals surface area contributed by atoms with Crippen molar-refractivity contribution >= 4 is 17.3 Å². The first kappa shape index (κ1) is 23.1. The van der Waals surface area contributed by atoms with Gasteiger partial charge in [0.2, 0.25) is 0 Å². The molecule has 160 valence electrons. The van der Waals surface area contributed by atoms with E-state index in [2.05, 4.69) is 30.7 Å². The summed E-state index contributed by atoms with van der Waals surface area (Å²) < 4.78 is 43.9. The number of halogens is 3. The maximum Gasteiger partial charge on any atom is 0.490 e. The molecule has 1 aromatic rings. The van der Waals surface area contributed by atoms with Crippen molar-refractivity contribution in [3.05, 3.63) is 16.1 Å². The highest BCUT2D eigenvalue weighted by Gasteiger charge is 2.43. The normalized spacial score (nSPS) is 25.3. The Morgan fingerprint density at radius 1 is 1.46 bits per heavy atom. The van der Waals surface area contributed by atoms with E-state index in [1.807, 2.05) is 5.51 Å². The van der Waals surface area contributed by atoms with Crippen LogP contribution in [0.15, 0.2) is 5.51 Å². The predicted molar refractivity (Wildman–Crippen MR) is 98.3 cm³/mol. The van der Waals surface area contributed by atoms with Crippen molar-refractivity contribution in [1.82, 2.24) is 9.88 Å².